The molecule has 0 aliphatic carbocycles. The molecule has 1 heterocycles. The summed E-state index contributed by atoms with van der Waals surface area (Å²) in [7, 11) is 0. The second-order valence-corrected chi connectivity index (χ2v) is 5.59. The second kappa shape index (κ2) is 4.26. The highest BCUT2D eigenvalue weighted by molar-refractivity contribution is 9.10. The minimum absolute atomic E-state index is 0.0177. The standard InChI is InChI=1S/C11H11Br2NO/c1-7-8(12)3-2-4-10(7)14-6-5-9(13)11(14)15/h2-4,9H,5-6H2,1H3. The fourth-order valence-corrected chi connectivity index (χ4v) is 2.58. The molecule has 1 unspecified atom stereocenters. The molecule has 2 rings (SSSR count). The van der Waals surface area contributed by atoms with Gasteiger partial charge in [-0.25, -0.2) is 0 Å². The molecule has 0 spiro atoms. The van der Waals surface area contributed by atoms with Crippen LogP contribution in [0, 0.1) is 6.92 Å². The van der Waals surface area contributed by atoms with Crippen LogP contribution in [0.2, 0.25) is 0 Å². The molecule has 1 amide bonds. The average molecular weight is 333 g/mol. The first-order valence-corrected chi connectivity index (χ1v) is 6.52. The first-order chi connectivity index (χ1) is 7.11. The predicted molar refractivity (Wildman–Crippen MR) is 68.6 cm³/mol. The summed E-state index contributed by atoms with van der Waals surface area (Å²) in [4.78, 5) is 13.7. The van der Waals surface area contributed by atoms with Crippen molar-refractivity contribution in [2.24, 2.45) is 0 Å². The molecule has 1 aromatic rings. The number of benzene rings is 1. The Bertz CT molecular complexity index is 406. The topological polar surface area (TPSA) is 20.3 Å². The van der Waals surface area contributed by atoms with Crippen LogP contribution in [0.4, 0.5) is 5.69 Å². The Morgan fingerprint density at radius 1 is 1.47 bits per heavy atom. The summed E-state index contributed by atoms with van der Waals surface area (Å²) in [6, 6.07) is 5.94. The highest BCUT2D eigenvalue weighted by Crippen LogP contribution is 2.31. The first kappa shape index (κ1) is 11.1. The maximum atomic E-state index is 11.8. The van der Waals surface area contributed by atoms with Crippen molar-refractivity contribution in [3.8, 4) is 0 Å². The Labute approximate surface area is 106 Å². The number of rotatable bonds is 1. The molecule has 1 saturated heterocycles. The van der Waals surface area contributed by atoms with Gasteiger partial charge in [0, 0.05) is 16.7 Å². The summed E-state index contributed by atoms with van der Waals surface area (Å²) in [5.41, 5.74) is 2.13. The third-order valence-electron chi connectivity index (χ3n) is 2.67. The number of anilines is 1. The van der Waals surface area contributed by atoms with Crippen molar-refractivity contribution in [2.75, 3.05) is 11.4 Å². The van der Waals surface area contributed by atoms with Crippen LogP contribution in [0.15, 0.2) is 22.7 Å². The Morgan fingerprint density at radius 2 is 2.20 bits per heavy atom. The van der Waals surface area contributed by atoms with Gasteiger partial charge in [-0.15, -0.1) is 0 Å². The van der Waals surface area contributed by atoms with Crippen LogP contribution < -0.4 is 4.90 Å². The largest absolute Gasteiger partial charge is 0.311 e. The summed E-state index contributed by atoms with van der Waals surface area (Å²) >= 11 is 6.86. The smallest absolute Gasteiger partial charge is 0.240 e. The maximum absolute atomic E-state index is 11.8. The second-order valence-electron chi connectivity index (χ2n) is 3.63. The van der Waals surface area contributed by atoms with Gasteiger partial charge in [0.2, 0.25) is 5.91 Å². The normalized spacial score (nSPS) is 21.1. The molecule has 1 aliphatic heterocycles. The average Bonchev–Trinajstić information content (AvgIpc) is 2.53. The highest BCUT2D eigenvalue weighted by Gasteiger charge is 2.31. The van der Waals surface area contributed by atoms with Gasteiger partial charge < -0.3 is 4.90 Å². The van der Waals surface area contributed by atoms with E-state index in [4.69, 9.17) is 0 Å². The van der Waals surface area contributed by atoms with Crippen LogP contribution in [-0.4, -0.2) is 17.3 Å². The summed E-state index contributed by atoms with van der Waals surface area (Å²) in [5.74, 6) is 0.163. The van der Waals surface area contributed by atoms with Gasteiger partial charge in [-0.3, -0.25) is 4.79 Å². The fraction of sp³-hybridized carbons (Fsp3) is 0.364. The van der Waals surface area contributed by atoms with Crippen LogP contribution in [0.25, 0.3) is 0 Å². The summed E-state index contributed by atoms with van der Waals surface area (Å²) in [6.45, 7) is 2.82. The van der Waals surface area contributed by atoms with E-state index in [-0.39, 0.29) is 10.7 Å². The zero-order valence-electron chi connectivity index (χ0n) is 8.34. The molecular weight excluding hydrogens is 322 g/mol. The summed E-state index contributed by atoms with van der Waals surface area (Å²) < 4.78 is 1.05. The van der Waals surface area contributed by atoms with Crippen LogP contribution in [0.3, 0.4) is 0 Å². The van der Waals surface area contributed by atoms with E-state index in [2.05, 4.69) is 31.9 Å². The SMILES string of the molecule is Cc1c(Br)cccc1N1CCC(Br)C1=O. The molecule has 4 heteroatoms. The molecule has 1 atom stereocenters. The fourth-order valence-electron chi connectivity index (χ4n) is 1.77. The molecule has 2 nitrogen and oxygen atoms in total. The molecule has 0 saturated carbocycles. The van der Waals surface area contributed by atoms with Crippen molar-refractivity contribution < 1.29 is 4.79 Å². The molecule has 1 aliphatic rings. The van der Waals surface area contributed by atoms with E-state index in [0.29, 0.717) is 0 Å². The van der Waals surface area contributed by atoms with Crippen LogP contribution in [0.1, 0.15) is 12.0 Å². The minimum atomic E-state index is -0.0177. The van der Waals surface area contributed by atoms with Crippen molar-refractivity contribution >= 4 is 43.5 Å². The van der Waals surface area contributed by atoms with Crippen molar-refractivity contribution in [3.05, 3.63) is 28.2 Å². The van der Waals surface area contributed by atoms with E-state index in [1.54, 1.807) is 0 Å². The van der Waals surface area contributed by atoms with Gasteiger partial charge in [0.1, 0.15) is 0 Å². The number of halogens is 2. The van der Waals surface area contributed by atoms with E-state index in [9.17, 15) is 4.79 Å². The molecule has 1 aromatic carbocycles. The molecular formula is C11H11Br2NO. The first-order valence-electron chi connectivity index (χ1n) is 4.82. The quantitative estimate of drug-likeness (QED) is 0.723. The van der Waals surface area contributed by atoms with Gasteiger partial charge in [0.05, 0.1) is 4.83 Å². The lowest BCUT2D eigenvalue weighted by molar-refractivity contribution is -0.116. The molecule has 0 bridgehead atoms. The van der Waals surface area contributed by atoms with Gasteiger partial charge in [0.25, 0.3) is 0 Å². The maximum Gasteiger partial charge on any atom is 0.240 e. The Hall–Kier alpha value is -0.350. The zero-order valence-corrected chi connectivity index (χ0v) is 11.5. The van der Waals surface area contributed by atoms with E-state index in [0.717, 1.165) is 28.7 Å². The van der Waals surface area contributed by atoms with Crippen molar-refractivity contribution in [1.29, 1.82) is 0 Å². The third kappa shape index (κ3) is 1.97. The van der Waals surface area contributed by atoms with Gasteiger partial charge in [-0.1, -0.05) is 37.9 Å². The monoisotopic (exact) mass is 331 g/mol. The van der Waals surface area contributed by atoms with Crippen LogP contribution >= 0.6 is 31.9 Å². The predicted octanol–water partition coefficient (Wildman–Crippen LogP) is 3.26. The summed E-state index contributed by atoms with van der Waals surface area (Å²) in [5, 5.41) is 0. The molecule has 0 radical (unpaired) electrons. The lowest BCUT2D eigenvalue weighted by atomic mass is 10.2. The number of alkyl halides is 1. The highest BCUT2D eigenvalue weighted by atomic mass is 79.9. The molecule has 80 valence electrons. The zero-order chi connectivity index (χ0) is 11.0. The number of hydrogen-bond donors (Lipinski definition) is 0. The molecule has 15 heavy (non-hydrogen) atoms. The summed E-state index contributed by atoms with van der Waals surface area (Å²) in [6.07, 6.45) is 0.880. The third-order valence-corrected chi connectivity index (χ3v) is 4.38. The minimum Gasteiger partial charge on any atom is -0.311 e. The number of carbonyl (C=O) groups is 1. The number of carbonyl (C=O) groups excluding carboxylic acids is 1. The Balaban J connectivity index is 2.38. The van der Waals surface area contributed by atoms with Crippen molar-refractivity contribution in [1.82, 2.24) is 0 Å². The van der Waals surface area contributed by atoms with Gasteiger partial charge in [0.15, 0.2) is 0 Å². The Morgan fingerprint density at radius 3 is 2.80 bits per heavy atom. The molecule has 0 aromatic heterocycles. The Kier molecular flexibility index (Phi) is 3.16. The van der Waals surface area contributed by atoms with Gasteiger partial charge in [-0.2, -0.15) is 0 Å². The van der Waals surface area contributed by atoms with E-state index in [1.165, 1.54) is 0 Å². The lowest BCUT2D eigenvalue weighted by Crippen LogP contribution is -2.27. The van der Waals surface area contributed by atoms with E-state index in [1.807, 2.05) is 30.0 Å². The van der Waals surface area contributed by atoms with Gasteiger partial charge in [-0.05, 0) is 31.0 Å². The van der Waals surface area contributed by atoms with E-state index < -0.39 is 0 Å². The van der Waals surface area contributed by atoms with Crippen LogP contribution in [-0.2, 0) is 4.79 Å². The molecule has 0 N–H and O–H groups in total. The molecule has 1 fully saturated rings. The lowest BCUT2D eigenvalue weighted by Gasteiger charge is -2.19. The number of nitrogens with zero attached hydrogens (tertiary/aromatic N) is 1. The van der Waals surface area contributed by atoms with Crippen LogP contribution in [0.5, 0.6) is 0 Å². The van der Waals surface area contributed by atoms with Crippen molar-refractivity contribution in [3.63, 3.8) is 0 Å². The van der Waals surface area contributed by atoms with Crippen molar-refractivity contribution in [2.45, 2.75) is 18.2 Å². The number of hydrogen-bond acceptors (Lipinski definition) is 1. The van der Waals surface area contributed by atoms with E-state index >= 15 is 0 Å². The number of amides is 1. The van der Waals surface area contributed by atoms with Gasteiger partial charge >= 0.3 is 0 Å².